The highest BCUT2D eigenvalue weighted by Gasteiger charge is 2.18. The predicted octanol–water partition coefficient (Wildman–Crippen LogP) is 4.30. The first kappa shape index (κ1) is 23.1. The van der Waals surface area contributed by atoms with Gasteiger partial charge in [0.05, 0.1) is 30.8 Å². The second-order valence-corrected chi connectivity index (χ2v) is 8.94. The molecule has 0 spiro atoms. The lowest BCUT2D eigenvalue weighted by Crippen LogP contribution is -2.27. The maximum atomic E-state index is 12.9. The lowest BCUT2D eigenvalue weighted by Gasteiger charge is -2.17. The Morgan fingerprint density at radius 3 is 2.25 bits per heavy atom. The van der Waals surface area contributed by atoms with Gasteiger partial charge in [-0.2, -0.15) is 0 Å². The quantitative estimate of drug-likeness (QED) is 0.529. The summed E-state index contributed by atoms with van der Waals surface area (Å²) in [6.07, 6.45) is 0. The molecule has 0 aliphatic carbocycles. The number of aryl methyl sites for hydroxylation is 1. The summed E-state index contributed by atoms with van der Waals surface area (Å²) in [7, 11) is -0.656. The van der Waals surface area contributed by atoms with Crippen molar-refractivity contribution in [1.29, 1.82) is 0 Å². The van der Waals surface area contributed by atoms with Crippen molar-refractivity contribution < 1.29 is 22.7 Å². The number of hydrogen-bond acceptors (Lipinski definition) is 5. The number of carbonyl (C=O) groups is 1. The van der Waals surface area contributed by atoms with Crippen molar-refractivity contribution >= 4 is 21.6 Å². The molecular weight excluding hydrogens is 428 g/mol. The second-order valence-electron chi connectivity index (χ2n) is 7.26. The molecule has 3 aromatic carbocycles. The Morgan fingerprint density at radius 1 is 0.906 bits per heavy atom. The average Bonchev–Trinajstić information content (AvgIpc) is 2.80. The summed E-state index contributed by atoms with van der Waals surface area (Å²) in [6.45, 7) is 3.63. The molecular formula is C24H26N2O5S. The largest absolute Gasteiger partial charge is 0.493 e. The average molecular weight is 455 g/mol. The molecule has 0 bridgehead atoms. The fourth-order valence-corrected chi connectivity index (χ4v) is 4.30. The first-order chi connectivity index (χ1) is 15.2. The van der Waals surface area contributed by atoms with Crippen molar-refractivity contribution in [3.05, 3.63) is 83.4 Å². The maximum absolute atomic E-state index is 12.9. The Morgan fingerprint density at radius 2 is 1.59 bits per heavy atom. The molecule has 2 N–H and O–H groups in total. The number of rotatable bonds is 8. The number of benzene rings is 3. The molecule has 3 aromatic rings. The molecule has 0 fully saturated rings. The minimum atomic E-state index is -3.77. The number of anilines is 1. The highest BCUT2D eigenvalue weighted by molar-refractivity contribution is 7.92. The van der Waals surface area contributed by atoms with Gasteiger partial charge in [-0.3, -0.25) is 9.52 Å². The van der Waals surface area contributed by atoms with Gasteiger partial charge in [0.1, 0.15) is 0 Å². The number of methoxy groups -OCH3 is 2. The molecule has 7 nitrogen and oxygen atoms in total. The third-order valence-electron chi connectivity index (χ3n) is 5.05. The Balaban J connectivity index is 1.79. The Hall–Kier alpha value is -3.52. The molecule has 0 aliphatic heterocycles. The highest BCUT2D eigenvalue weighted by Crippen LogP contribution is 2.30. The zero-order valence-electron chi connectivity index (χ0n) is 18.4. The van der Waals surface area contributed by atoms with Crippen LogP contribution in [0.4, 0.5) is 5.69 Å². The summed E-state index contributed by atoms with van der Waals surface area (Å²) in [4.78, 5) is 13.0. The van der Waals surface area contributed by atoms with Gasteiger partial charge in [-0.1, -0.05) is 30.3 Å². The molecule has 0 saturated heterocycles. The van der Waals surface area contributed by atoms with Gasteiger partial charge in [-0.25, -0.2) is 8.42 Å². The molecule has 0 radical (unpaired) electrons. The fourth-order valence-electron chi connectivity index (χ4n) is 3.16. The molecule has 0 aliphatic rings. The molecule has 1 amide bonds. The summed E-state index contributed by atoms with van der Waals surface area (Å²) in [5.41, 5.74) is 2.23. The van der Waals surface area contributed by atoms with E-state index in [-0.39, 0.29) is 16.8 Å². The van der Waals surface area contributed by atoms with Crippen molar-refractivity contribution in [3.63, 3.8) is 0 Å². The summed E-state index contributed by atoms with van der Waals surface area (Å²) < 4.78 is 38.5. The van der Waals surface area contributed by atoms with E-state index in [0.717, 1.165) is 5.56 Å². The van der Waals surface area contributed by atoms with Crippen LogP contribution in [0.2, 0.25) is 0 Å². The summed E-state index contributed by atoms with van der Waals surface area (Å²) in [5, 5.41) is 2.93. The van der Waals surface area contributed by atoms with Crippen molar-refractivity contribution in [2.24, 2.45) is 0 Å². The van der Waals surface area contributed by atoms with Crippen LogP contribution >= 0.6 is 0 Å². The van der Waals surface area contributed by atoms with Gasteiger partial charge in [-0.05, 0) is 61.4 Å². The Kier molecular flexibility index (Phi) is 7.05. The van der Waals surface area contributed by atoms with Crippen LogP contribution in [0.3, 0.4) is 0 Å². The van der Waals surface area contributed by atoms with Crippen LogP contribution in [0.15, 0.2) is 71.6 Å². The number of hydrogen-bond donors (Lipinski definition) is 2. The standard InChI is InChI=1S/C24H26N2O5S/c1-16-10-11-19(14-21(16)26-32(28,29)20-8-6-5-7-9-20)24(27)25-17(2)18-12-13-22(30-3)23(15-18)31-4/h5-15,17,26H,1-4H3,(H,25,27)/t17-/m1/s1. The molecule has 8 heteroatoms. The van der Waals surface area contributed by atoms with Gasteiger partial charge in [0, 0.05) is 5.56 Å². The topological polar surface area (TPSA) is 93.7 Å². The van der Waals surface area contributed by atoms with Crippen LogP contribution < -0.4 is 19.5 Å². The molecule has 3 rings (SSSR count). The Bertz CT molecular complexity index is 1210. The van der Waals surface area contributed by atoms with E-state index >= 15 is 0 Å². The van der Waals surface area contributed by atoms with Gasteiger partial charge in [0.15, 0.2) is 11.5 Å². The van der Waals surface area contributed by atoms with E-state index in [1.165, 1.54) is 18.2 Å². The normalized spacial score (nSPS) is 12.0. The molecule has 1 atom stereocenters. The first-order valence-electron chi connectivity index (χ1n) is 9.96. The van der Waals surface area contributed by atoms with Crippen LogP contribution in [0.25, 0.3) is 0 Å². The lowest BCUT2D eigenvalue weighted by atomic mass is 10.1. The Labute approximate surface area is 188 Å². The van der Waals surface area contributed by atoms with Crippen molar-refractivity contribution in [2.75, 3.05) is 18.9 Å². The van der Waals surface area contributed by atoms with E-state index in [1.807, 2.05) is 13.0 Å². The fraction of sp³-hybridized carbons (Fsp3) is 0.208. The first-order valence-corrected chi connectivity index (χ1v) is 11.4. The number of ether oxygens (including phenoxy) is 2. The molecule has 0 heterocycles. The predicted molar refractivity (Wildman–Crippen MR) is 124 cm³/mol. The van der Waals surface area contributed by atoms with Crippen LogP contribution in [-0.2, 0) is 10.0 Å². The van der Waals surface area contributed by atoms with E-state index in [9.17, 15) is 13.2 Å². The second kappa shape index (κ2) is 9.74. The van der Waals surface area contributed by atoms with Crippen LogP contribution in [0.1, 0.15) is 34.5 Å². The molecule has 0 unspecified atom stereocenters. The summed E-state index contributed by atoms with van der Waals surface area (Å²) in [5.74, 6) is 0.843. The van der Waals surface area contributed by atoms with Gasteiger partial charge in [0.25, 0.3) is 15.9 Å². The van der Waals surface area contributed by atoms with Gasteiger partial charge < -0.3 is 14.8 Å². The lowest BCUT2D eigenvalue weighted by molar-refractivity contribution is 0.0940. The third kappa shape index (κ3) is 5.20. The highest BCUT2D eigenvalue weighted by atomic mass is 32.2. The van der Waals surface area contributed by atoms with Crippen molar-refractivity contribution in [1.82, 2.24) is 5.32 Å². The zero-order chi connectivity index (χ0) is 23.3. The number of sulfonamides is 1. The number of nitrogens with one attached hydrogen (secondary N) is 2. The van der Waals surface area contributed by atoms with E-state index in [1.54, 1.807) is 63.6 Å². The maximum Gasteiger partial charge on any atom is 0.261 e. The molecule has 0 aromatic heterocycles. The molecule has 32 heavy (non-hydrogen) atoms. The number of amides is 1. The molecule has 168 valence electrons. The van der Waals surface area contributed by atoms with Crippen molar-refractivity contribution in [2.45, 2.75) is 24.8 Å². The summed E-state index contributed by atoms with van der Waals surface area (Å²) in [6, 6.07) is 18.1. The van der Waals surface area contributed by atoms with Gasteiger partial charge >= 0.3 is 0 Å². The van der Waals surface area contributed by atoms with Crippen LogP contribution in [-0.4, -0.2) is 28.5 Å². The van der Waals surface area contributed by atoms with E-state index in [0.29, 0.717) is 28.3 Å². The molecule has 0 saturated carbocycles. The zero-order valence-corrected chi connectivity index (χ0v) is 19.2. The SMILES string of the molecule is COc1ccc([C@@H](C)NC(=O)c2ccc(C)c(NS(=O)(=O)c3ccccc3)c2)cc1OC. The van der Waals surface area contributed by atoms with E-state index < -0.39 is 10.0 Å². The smallest absolute Gasteiger partial charge is 0.261 e. The third-order valence-corrected chi connectivity index (χ3v) is 6.43. The monoisotopic (exact) mass is 454 g/mol. The summed E-state index contributed by atoms with van der Waals surface area (Å²) >= 11 is 0. The van der Waals surface area contributed by atoms with Gasteiger partial charge in [0.2, 0.25) is 0 Å². The van der Waals surface area contributed by atoms with Crippen LogP contribution in [0, 0.1) is 6.92 Å². The minimum Gasteiger partial charge on any atom is -0.493 e. The van der Waals surface area contributed by atoms with Crippen molar-refractivity contribution in [3.8, 4) is 11.5 Å². The minimum absolute atomic E-state index is 0.149. The van der Waals surface area contributed by atoms with E-state index in [2.05, 4.69) is 10.0 Å². The number of carbonyl (C=O) groups excluding carboxylic acids is 1. The van der Waals surface area contributed by atoms with E-state index in [4.69, 9.17) is 9.47 Å². The van der Waals surface area contributed by atoms with Gasteiger partial charge in [-0.15, -0.1) is 0 Å². The van der Waals surface area contributed by atoms with Crippen LogP contribution in [0.5, 0.6) is 11.5 Å².